The van der Waals surface area contributed by atoms with Gasteiger partial charge in [0, 0.05) is 23.6 Å². The van der Waals surface area contributed by atoms with Gasteiger partial charge in [0.2, 0.25) is 0 Å². The van der Waals surface area contributed by atoms with Crippen LogP contribution in [0.4, 0.5) is 8.78 Å². The molecule has 0 spiro atoms. The molecule has 1 aliphatic heterocycles. The summed E-state index contributed by atoms with van der Waals surface area (Å²) < 4.78 is 27.0. The van der Waals surface area contributed by atoms with Crippen LogP contribution in [0.1, 0.15) is 43.7 Å². The highest BCUT2D eigenvalue weighted by molar-refractivity contribution is 5.25. The second-order valence-corrected chi connectivity index (χ2v) is 5.80. The van der Waals surface area contributed by atoms with E-state index >= 15 is 0 Å². The molecule has 1 aliphatic carbocycles. The van der Waals surface area contributed by atoms with Gasteiger partial charge in [-0.05, 0) is 31.9 Å². The Hall–Kier alpha value is -1.00. The van der Waals surface area contributed by atoms with E-state index in [0.29, 0.717) is 12.1 Å². The molecule has 2 nitrogen and oxygen atoms in total. The minimum absolute atomic E-state index is 0.0231. The third-order valence-corrected chi connectivity index (χ3v) is 4.69. The molecule has 3 atom stereocenters. The lowest BCUT2D eigenvalue weighted by Gasteiger charge is -2.48. The molecule has 1 aromatic carbocycles. The summed E-state index contributed by atoms with van der Waals surface area (Å²) in [6, 6.07) is 3.51. The van der Waals surface area contributed by atoms with Crippen molar-refractivity contribution in [1.29, 1.82) is 0 Å². The Bertz CT molecular complexity index is 475. The molecule has 4 heteroatoms. The molecule has 1 heterocycles. The summed E-state index contributed by atoms with van der Waals surface area (Å²) in [5, 5.41) is 14.0. The Morgan fingerprint density at radius 2 is 2.05 bits per heavy atom. The molecular weight excluding hydrogens is 248 g/mol. The highest BCUT2D eigenvalue weighted by atomic mass is 19.1. The first kappa shape index (κ1) is 13.0. The van der Waals surface area contributed by atoms with Crippen LogP contribution in [0.5, 0.6) is 0 Å². The first-order chi connectivity index (χ1) is 9.10. The van der Waals surface area contributed by atoms with Gasteiger partial charge in [0.05, 0.1) is 5.60 Å². The summed E-state index contributed by atoms with van der Waals surface area (Å²) in [6.45, 7) is 0.675. The molecule has 3 rings (SSSR count). The van der Waals surface area contributed by atoms with Crippen LogP contribution < -0.4 is 5.32 Å². The van der Waals surface area contributed by atoms with Crippen LogP contribution in [-0.4, -0.2) is 17.3 Å². The second-order valence-electron chi connectivity index (χ2n) is 5.80. The van der Waals surface area contributed by atoms with E-state index in [1.54, 1.807) is 0 Å². The van der Waals surface area contributed by atoms with Crippen molar-refractivity contribution in [3.63, 3.8) is 0 Å². The van der Waals surface area contributed by atoms with E-state index in [9.17, 15) is 13.9 Å². The normalized spacial score (nSPS) is 34.9. The number of rotatable bonds is 1. The lowest BCUT2D eigenvalue weighted by atomic mass is 9.67. The van der Waals surface area contributed by atoms with Crippen LogP contribution >= 0.6 is 0 Å². The van der Waals surface area contributed by atoms with Crippen LogP contribution in [0.15, 0.2) is 18.2 Å². The van der Waals surface area contributed by atoms with Gasteiger partial charge in [-0.15, -0.1) is 0 Å². The molecule has 1 saturated carbocycles. The van der Waals surface area contributed by atoms with Gasteiger partial charge in [-0.25, -0.2) is 8.78 Å². The quantitative estimate of drug-likeness (QED) is 0.820. The maximum Gasteiger partial charge on any atom is 0.130 e. The molecular formula is C15H19F2NO. The molecule has 2 fully saturated rings. The summed E-state index contributed by atoms with van der Waals surface area (Å²) in [7, 11) is 0. The van der Waals surface area contributed by atoms with Gasteiger partial charge in [0.25, 0.3) is 0 Å². The Kier molecular flexibility index (Phi) is 3.31. The van der Waals surface area contributed by atoms with Crippen molar-refractivity contribution in [1.82, 2.24) is 5.32 Å². The fourth-order valence-electron chi connectivity index (χ4n) is 3.70. The summed E-state index contributed by atoms with van der Waals surface area (Å²) in [5.41, 5.74) is -0.207. The molecule has 0 amide bonds. The van der Waals surface area contributed by atoms with Gasteiger partial charge in [0.1, 0.15) is 11.6 Å². The Labute approximate surface area is 111 Å². The SMILES string of the molecule is O[C@]12CCCC[C@H]1[C@H](c1ccc(F)cc1F)NCC2. The van der Waals surface area contributed by atoms with Crippen molar-refractivity contribution in [2.45, 2.75) is 43.7 Å². The van der Waals surface area contributed by atoms with Crippen LogP contribution in [0.3, 0.4) is 0 Å². The minimum atomic E-state index is -0.686. The number of nitrogens with one attached hydrogen (secondary N) is 1. The van der Waals surface area contributed by atoms with Crippen molar-refractivity contribution < 1.29 is 13.9 Å². The van der Waals surface area contributed by atoms with Gasteiger partial charge in [0.15, 0.2) is 0 Å². The topological polar surface area (TPSA) is 32.3 Å². The van der Waals surface area contributed by atoms with Crippen LogP contribution in [-0.2, 0) is 0 Å². The van der Waals surface area contributed by atoms with Crippen LogP contribution in [0.25, 0.3) is 0 Å². The second kappa shape index (κ2) is 4.84. The van der Waals surface area contributed by atoms with E-state index in [2.05, 4.69) is 5.32 Å². The standard InChI is InChI=1S/C15H19F2NO/c16-10-4-5-11(13(17)9-10)14-12-3-1-2-6-15(12,19)7-8-18-14/h4-5,9,12,14,18-19H,1-3,6-8H2/t12-,14-,15-/m0/s1. The Morgan fingerprint density at radius 3 is 2.84 bits per heavy atom. The average molecular weight is 267 g/mol. The van der Waals surface area contributed by atoms with E-state index in [-0.39, 0.29) is 12.0 Å². The predicted molar refractivity (Wildman–Crippen MR) is 68.6 cm³/mol. The lowest BCUT2D eigenvalue weighted by molar-refractivity contribution is -0.0865. The first-order valence-corrected chi connectivity index (χ1v) is 7.01. The van der Waals surface area contributed by atoms with Gasteiger partial charge in [-0.2, -0.15) is 0 Å². The van der Waals surface area contributed by atoms with Crippen LogP contribution in [0, 0.1) is 17.6 Å². The van der Waals surface area contributed by atoms with Gasteiger partial charge in [-0.3, -0.25) is 0 Å². The zero-order valence-corrected chi connectivity index (χ0v) is 10.8. The molecule has 1 aromatic rings. The average Bonchev–Trinajstić information content (AvgIpc) is 2.37. The number of halogens is 2. The highest BCUT2D eigenvalue weighted by Crippen LogP contribution is 2.45. The number of fused-ring (bicyclic) bond motifs is 1. The van der Waals surface area contributed by atoms with Gasteiger partial charge in [-0.1, -0.05) is 18.9 Å². The molecule has 1 saturated heterocycles. The summed E-state index contributed by atoms with van der Waals surface area (Å²) in [5.74, 6) is -1.06. The van der Waals surface area contributed by atoms with Gasteiger partial charge < -0.3 is 10.4 Å². The summed E-state index contributed by atoms with van der Waals surface area (Å²) in [6.07, 6.45) is 4.50. The fourth-order valence-corrected chi connectivity index (χ4v) is 3.70. The number of hydrogen-bond donors (Lipinski definition) is 2. The molecule has 2 aliphatic rings. The summed E-state index contributed by atoms with van der Waals surface area (Å²) >= 11 is 0. The Balaban J connectivity index is 1.94. The predicted octanol–water partition coefficient (Wildman–Crippen LogP) is 2.92. The Morgan fingerprint density at radius 1 is 1.21 bits per heavy atom. The number of aliphatic hydroxyl groups is 1. The van der Waals surface area contributed by atoms with Crippen molar-refractivity contribution in [3.05, 3.63) is 35.4 Å². The lowest BCUT2D eigenvalue weighted by Crippen LogP contribution is -2.53. The molecule has 104 valence electrons. The largest absolute Gasteiger partial charge is 0.389 e. The first-order valence-electron chi connectivity index (χ1n) is 7.01. The van der Waals surface area contributed by atoms with Crippen molar-refractivity contribution >= 4 is 0 Å². The number of hydrogen-bond acceptors (Lipinski definition) is 2. The third kappa shape index (κ3) is 2.28. The monoisotopic (exact) mass is 267 g/mol. The van der Waals surface area contributed by atoms with Gasteiger partial charge >= 0.3 is 0 Å². The molecule has 0 unspecified atom stereocenters. The smallest absolute Gasteiger partial charge is 0.130 e. The van der Waals surface area contributed by atoms with E-state index in [0.717, 1.165) is 38.2 Å². The maximum atomic E-state index is 14.0. The maximum absolute atomic E-state index is 14.0. The van der Waals surface area contributed by atoms with Crippen LogP contribution in [0.2, 0.25) is 0 Å². The van der Waals surface area contributed by atoms with E-state index in [1.165, 1.54) is 12.1 Å². The van der Waals surface area contributed by atoms with E-state index < -0.39 is 17.2 Å². The third-order valence-electron chi connectivity index (χ3n) is 4.69. The highest BCUT2D eigenvalue weighted by Gasteiger charge is 2.46. The number of benzene rings is 1. The van der Waals surface area contributed by atoms with E-state index in [1.807, 2.05) is 0 Å². The van der Waals surface area contributed by atoms with Crippen molar-refractivity contribution in [2.24, 2.45) is 5.92 Å². The molecule has 0 bridgehead atoms. The van der Waals surface area contributed by atoms with Crippen molar-refractivity contribution in [3.8, 4) is 0 Å². The minimum Gasteiger partial charge on any atom is -0.389 e. The molecule has 0 radical (unpaired) electrons. The van der Waals surface area contributed by atoms with E-state index in [4.69, 9.17) is 0 Å². The number of piperidine rings is 1. The molecule has 0 aromatic heterocycles. The molecule has 19 heavy (non-hydrogen) atoms. The zero-order valence-electron chi connectivity index (χ0n) is 10.8. The zero-order chi connectivity index (χ0) is 13.5. The summed E-state index contributed by atoms with van der Waals surface area (Å²) in [4.78, 5) is 0. The van der Waals surface area contributed by atoms with Crippen molar-refractivity contribution in [2.75, 3.05) is 6.54 Å². The fraction of sp³-hybridized carbons (Fsp3) is 0.600. The molecule has 2 N–H and O–H groups in total.